The van der Waals surface area contributed by atoms with Crippen LogP contribution in [0.5, 0.6) is 5.75 Å². The van der Waals surface area contributed by atoms with Gasteiger partial charge in [0, 0.05) is 30.4 Å². The van der Waals surface area contributed by atoms with Crippen molar-refractivity contribution in [3.05, 3.63) is 71.3 Å². The Morgan fingerprint density at radius 1 is 1.18 bits per heavy atom. The Bertz CT molecular complexity index is 1250. The lowest BCUT2D eigenvalue weighted by atomic mass is 10.0. The molecule has 6 nitrogen and oxygen atoms in total. The van der Waals surface area contributed by atoms with Crippen LogP contribution in [0, 0.1) is 5.92 Å². The number of carbonyl (C=O) groups is 1. The number of hydrogen-bond acceptors (Lipinski definition) is 5. The Morgan fingerprint density at radius 3 is 2.82 bits per heavy atom. The molecule has 2 aromatic carbocycles. The van der Waals surface area contributed by atoms with Gasteiger partial charge in [0.1, 0.15) is 11.4 Å². The number of thioether (sulfide) groups is 1. The molecule has 174 valence electrons. The average Bonchev–Trinajstić information content (AvgIpc) is 3.44. The SMILES string of the molecule is CCOc1cccc(-c2nn(-c3ccccc3)cc2/C=C2\SC(N3CCCC(C)C3)=NC2=O)c1. The molecule has 0 spiro atoms. The van der Waals surface area contributed by atoms with Crippen molar-refractivity contribution in [2.75, 3.05) is 19.7 Å². The van der Waals surface area contributed by atoms with Crippen molar-refractivity contribution in [3.8, 4) is 22.7 Å². The minimum atomic E-state index is -0.181. The molecule has 1 saturated heterocycles. The van der Waals surface area contributed by atoms with Gasteiger partial charge in [-0.05, 0) is 67.8 Å². The Morgan fingerprint density at radius 2 is 2.03 bits per heavy atom. The van der Waals surface area contributed by atoms with Gasteiger partial charge in [0.25, 0.3) is 5.91 Å². The number of piperidine rings is 1. The van der Waals surface area contributed by atoms with Crippen LogP contribution >= 0.6 is 11.8 Å². The predicted octanol–water partition coefficient (Wildman–Crippen LogP) is 5.64. The van der Waals surface area contributed by atoms with E-state index in [-0.39, 0.29) is 5.91 Å². The molecule has 2 aliphatic rings. The molecule has 0 aliphatic carbocycles. The highest BCUT2D eigenvalue weighted by atomic mass is 32.2. The van der Waals surface area contributed by atoms with Crippen molar-refractivity contribution < 1.29 is 9.53 Å². The van der Waals surface area contributed by atoms with E-state index in [2.05, 4.69) is 16.8 Å². The fourth-order valence-corrected chi connectivity index (χ4v) is 5.31. The zero-order valence-electron chi connectivity index (χ0n) is 19.5. The quantitative estimate of drug-likeness (QED) is 0.450. The van der Waals surface area contributed by atoms with Crippen LogP contribution in [0.15, 0.2) is 70.7 Å². The van der Waals surface area contributed by atoms with Gasteiger partial charge < -0.3 is 9.64 Å². The standard InChI is InChI=1S/C27H28N4O2S/c1-3-33-23-13-7-10-20(15-23)25-21(18-31(29-25)22-11-5-4-6-12-22)16-24-26(32)28-27(34-24)30-14-8-9-19(2)17-30/h4-7,10-13,15-16,18-19H,3,8-9,14,17H2,1-2H3/b24-16-. The molecule has 1 fully saturated rings. The van der Waals surface area contributed by atoms with Crippen molar-refractivity contribution >= 4 is 28.9 Å². The van der Waals surface area contributed by atoms with Gasteiger partial charge in [0.2, 0.25) is 0 Å². The Labute approximate surface area is 204 Å². The topological polar surface area (TPSA) is 59.7 Å². The summed E-state index contributed by atoms with van der Waals surface area (Å²) >= 11 is 1.47. The lowest BCUT2D eigenvalue weighted by Gasteiger charge is -2.31. The van der Waals surface area contributed by atoms with Gasteiger partial charge in [-0.1, -0.05) is 37.3 Å². The number of nitrogens with zero attached hydrogens (tertiary/aromatic N) is 4. The van der Waals surface area contributed by atoms with Gasteiger partial charge in [0.05, 0.1) is 17.2 Å². The van der Waals surface area contributed by atoms with Gasteiger partial charge in [-0.2, -0.15) is 10.1 Å². The van der Waals surface area contributed by atoms with E-state index >= 15 is 0 Å². The zero-order chi connectivity index (χ0) is 23.5. The summed E-state index contributed by atoms with van der Waals surface area (Å²) < 4.78 is 7.56. The van der Waals surface area contributed by atoms with Crippen molar-refractivity contribution in [1.82, 2.24) is 14.7 Å². The van der Waals surface area contributed by atoms with E-state index in [9.17, 15) is 4.79 Å². The van der Waals surface area contributed by atoms with E-state index in [0.29, 0.717) is 17.4 Å². The molecule has 1 atom stereocenters. The third kappa shape index (κ3) is 4.80. The van der Waals surface area contributed by atoms with Crippen LogP contribution in [0.1, 0.15) is 32.3 Å². The van der Waals surface area contributed by atoms with Crippen LogP contribution in [0.3, 0.4) is 0 Å². The van der Waals surface area contributed by atoms with Crippen LogP contribution in [-0.2, 0) is 4.79 Å². The monoisotopic (exact) mass is 472 g/mol. The predicted molar refractivity (Wildman–Crippen MR) is 138 cm³/mol. The number of carbonyl (C=O) groups excluding carboxylic acids is 1. The average molecular weight is 473 g/mol. The fourth-order valence-electron chi connectivity index (χ4n) is 4.37. The Kier molecular flexibility index (Phi) is 6.54. The van der Waals surface area contributed by atoms with E-state index in [1.165, 1.54) is 18.2 Å². The maximum atomic E-state index is 12.8. The van der Waals surface area contributed by atoms with E-state index in [0.717, 1.165) is 52.9 Å². The molecule has 34 heavy (non-hydrogen) atoms. The summed E-state index contributed by atoms with van der Waals surface area (Å²) in [6, 6.07) is 17.9. The molecule has 0 N–H and O–H groups in total. The number of aliphatic imine (C=N–C) groups is 1. The molecule has 0 saturated carbocycles. The molecule has 0 bridgehead atoms. The van der Waals surface area contributed by atoms with Crippen molar-refractivity contribution in [1.29, 1.82) is 0 Å². The van der Waals surface area contributed by atoms with E-state index in [1.54, 1.807) is 0 Å². The second kappa shape index (κ2) is 9.89. The Balaban J connectivity index is 1.50. The summed E-state index contributed by atoms with van der Waals surface area (Å²) in [4.78, 5) is 20.1. The zero-order valence-corrected chi connectivity index (χ0v) is 20.3. The molecular formula is C27H28N4O2S. The number of likely N-dealkylation sites (tertiary alicyclic amines) is 1. The van der Waals surface area contributed by atoms with Crippen molar-refractivity contribution in [2.24, 2.45) is 10.9 Å². The van der Waals surface area contributed by atoms with Gasteiger partial charge >= 0.3 is 0 Å². The molecule has 1 aromatic heterocycles. The van der Waals surface area contributed by atoms with Crippen LogP contribution < -0.4 is 4.74 Å². The molecule has 2 aliphatic heterocycles. The second-order valence-electron chi connectivity index (χ2n) is 8.68. The molecule has 3 heterocycles. The highest BCUT2D eigenvalue weighted by Crippen LogP contribution is 2.35. The number of rotatable bonds is 5. The number of para-hydroxylation sites is 1. The third-order valence-corrected chi connectivity index (χ3v) is 7.05. The van der Waals surface area contributed by atoms with Gasteiger partial charge in [-0.3, -0.25) is 4.79 Å². The van der Waals surface area contributed by atoms with E-state index in [4.69, 9.17) is 9.84 Å². The smallest absolute Gasteiger partial charge is 0.286 e. The number of hydrogen-bond donors (Lipinski definition) is 0. The van der Waals surface area contributed by atoms with Gasteiger partial charge in [0.15, 0.2) is 5.17 Å². The molecule has 1 unspecified atom stereocenters. The lowest BCUT2D eigenvalue weighted by molar-refractivity contribution is -0.113. The molecule has 3 aromatic rings. The van der Waals surface area contributed by atoms with Gasteiger partial charge in [-0.15, -0.1) is 0 Å². The van der Waals surface area contributed by atoms with Crippen molar-refractivity contribution in [2.45, 2.75) is 26.7 Å². The first-order chi connectivity index (χ1) is 16.6. The molecule has 5 rings (SSSR count). The lowest BCUT2D eigenvalue weighted by Crippen LogP contribution is -2.37. The Hall–Kier alpha value is -3.32. The molecule has 0 radical (unpaired) electrons. The molecule has 1 amide bonds. The third-order valence-electron chi connectivity index (χ3n) is 6.01. The maximum Gasteiger partial charge on any atom is 0.286 e. The molecule has 7 heteroatoms. The van der Waals surface area contributed by atoms with E-state index in [1.807, 2.05) is 78.5 Å². The van der Waals surface area contributed by atoms with E-state index < -0.39 is 0 Å². The van der Waals surface area contributed by atoms with Crippen LogP contribution in [0.2, 0.25) is 0 Å². The fraction of sp³-hybridized carbons (Fsp3) is 0.296. The van der Waals surface area contributed by atoms with Crippen LogP contribution in [-0.4, -0.2) is 45.5 Å². The normalized spacial score (nSPS) is 19.5. The largest absolute Gasteiger partial charge is 0.494 e. The first-order valence-corrected chi connectivity index (χ1v) is 12.6. The highest BCUT2D eigenvalue weighted by molar-refractivity contribution is 8.18. The number of amides is 1. The second-order valence-corrected chi connectivity index (χ2v) is 9.69. The summed E-state index contributed by atoms with van der Waals surface area (Å²) in [6.07, 6.45) is 6.26. The van der Waals surface area contributed by atoms with Crippen LogP contribution in [0.25, 0.3) is 23.0 Å². The maximum absolute atomic E-state index is 12.8. The number of amidine groups is 1. The summed E-state index contributed by atoms with van der Waals surface area (Å²) in [5.74, 6) is 1.23. The summed E-state index contributed by atoms with van der Waals surface area (Å²) in [5, 5.41) is 5.70. The summed E-state index contributed by atoms with van der Waals surface area (Å²) in [5.41, 5.74) is 3.57. The van der Waals surface area contributed by atoms with Crippen LogP contribution in [0.4, 0.5) is 0 Å². The molecular weight excluding hydrogens is 444 g/mol. The number of aromatic nitrogens is 2. The van der Waals surface area contributed by atoms with Crippen molar-refractivity contribution in [3.63, 3.8) is 0 Å². The number of benzene rings is 2. The summed E-state index contributed by atoms with van der Waals surface area (Å²) in [6.45, 7) is 6.73. The minimum Gasteiger partial charge on any atom is -0.494 e. The van der Waals surface area contributed by atoms with Gasteiger partial charge in [-0.25, -0.2) is 4.68 Å². The minimum absolute atomic E-state index is 0.181. The first-order valence-electron chi connectivity index (χ1n) is 11.8. The summed E-state index contributed by atoms with van der Waals surface area (Å²) in [7, 11) is 0. The number of ether oxygens (including phenoxy) is 1. The highest BCUT2D eigenvalue weighted by Gasteiger charge is 2.29. The first kappa shape index (κ1) is 22.5.